The van der Waals surface area contributed by atoms with E-state index in [1.165, 1.54) is 12.4 Å². The van der Waals surface area contributed by atoms with Crippen LogP contribution < -0.4 is 15.9 Å². The number of methoxy groups -OCH3 is 1. The molecule has 8 rings (SSSR count). The molecule has 0 spiro atoms. The van der Waals surface area contributed by atoms with Gasteiger partial charge in [0.25, 0.3) is 11.1 Å². The number of nitrogens with zero attached hydrogens (tertiary/aromatic N) is 8. The summed E-state index contributed by atoms with van der Waals surface area (Å²) < 4.78 is 8.60. The molecule has 260 valence electrons. The predicted octanol–water partition coefficient (Wildman–Crippen LogP) is 6.92. The van der Waals surface area contributed by atoms with Crippen LogP contribution in [0.2, 0.25) is 0 Å². The first-order valence-corrected chi connectivity index (χ1v) is 17.2. The molecule has 11 heteroatoms. The highest BCUT2D eigenvalue weighted by molar-refractivity contribution is 5.89. The van der Waals surface area contributed by atoms with Crippen molar-refractivity contribution in [2.75, 3.05) is 7.11 Å². The van der Waals surface area contributed by atoms with Crippen molar-refractivity contribution in [2.45, 2.75) is 32.9 Å². The first kappa shape index (κ1) is 33.3. The highest BCUT2D eigenvalue weighted by Crippen LogP contribution is 2.32. The number of benzene rings is 2. The average Bonchev–Trinajstić information content (AvgIpc) is 3.20. The van der Waals surface area contributed by atoms with E-state index in [1.54, 1.807) is 40.9 Å². The Balaban J connectivity index is 1.18. The van der Waals surface area contributed by atoms with Gasteiger partial charge in [-0.1, -0.05) is 50.2 Å². The summed E-state index contributed by atoms with van der Waals surface area (Å²) in [5, 5.41) is 0. The topological polar surface area (TPSA) is 131 Å². The van der Waals surface area contributed by atoms with Crippen LogP contribution in [-0.2, 0) is 13.1 Å². The molecule has 0 aliphatic heterocycles. The van der Waals surface area contributed by atoms with Crippen molar-refractivity contribution in [3.63, 3.8) is 0 Å². The lowest BCUT2D eigenvalue weighted by molar-refractivity contribution is 0.398. The van der Waals surface area contributed by atoms with Crippen molar-refractivity contribution >= 4 is 22.3 Å². The van der Waals surface area contributed by atoms with Crippen molar-refractivity contribution in [2.24, 2.45) is 0 Å². The van der Waals surface area contributed by atoms with Crippen LogP contribution in [-0.4, -0.2) is 46.1 Å². The standard InChI is InChI=1S/C42H34N8O3/c1-26(2)35-19-32(30-10-5-8-28(18-30)24-49-38(51)22-46-34-11-6-14-44-41(34)49)20-36(48-35)33-13-16-45-42-40(33)47-23-39(52)50(42)25-27-7-4-9-29(17-27)31-12-15-43-37(21-31)53-3/h4-23,26H,24-25H2,1-3H3. The maximum atomic E-state index is 13.4. The lowest BCUT2D eigenvalue weighted by atomic mass is 9.98. The fraction of sp³-hybridized carbons (Fsp3) is 0.143. The van der Waals surface area contributed by atoms with Crippen molar-refractivity contribution in [1.82, 2.24) is 39.0 Å². The van der Waals surface area contributed by atoms with Crippen LogP contribution in [0.25, 0.3) is 55.8 Å². The molecule has 0 radical (unpaired) electrons. The minimum Gasteiger partial charge on any atom is -0.481 e. The molecule has 0 atom stereocenters. The lowest BCUT2D eigenvalue weighted by Gasteiger charge is -2.15. The SMILES string of the molecule is COc1cc(-c2cccc(Cn3c(=O)cnc4c(-c5cc(-c6cccc(Cn7c(=O)cnc8cccnc87)c6)cc(C(C)C)n5)ccnc43)c2)ccn1. The van der Waals surface area contributed by atoms with E-state index in [-0.39, 0.29) is 17.0 Å². The zero-order chi connectivity index (χ0) is 36.5. The van der Waals surface area contributed by atoms with Gasteiger partial charge in [0.15, 0.2) is 11.3 Å². The van der Waals surface area contributed by atoms with Gasteiger partial charge in [0.05, 0.1) is 38.3 Å². The number of fused-ring (bicyclic) bond motifs is 2. The van der Waals surface area contributed by atoms with Gasteiger partial charge in [-0.05, 0) is 87.8 Å². The molecule has 0 aliphatic rings. The smallest absolute Gasteiger partial charge is 0.270 e. The molecule has 0 saturated carbocycles. The number of hydrogen-bond donors (Lipinski definition) is 0. The zero-order valence-electron chi connectivity index (χ0n) is 29.3. The minimum absolute atomic E-state index is 0.136. The predicted molar refractivity (Wildman–Crippen MR) is 205 cm³/mol. The summed E-state index contributed by atoms with van der Waals surface area (Å²) in [6.45, 7) is 4.86. The van der Waals surface area contributed by atoms with Gasteiger partial charge >= 0.3 is 0 Å². The molecule has 8 aromatic rings. The van der Waals surface area contributed by atoms with Crippen LogP contribution >= 0.6 is 0 Å². The van der Waals surface area contributed by atoms with E-state index >= 15 is 0 Å². The van der Waals surface area contributed by atoms with E-state index < -0.39 is 0 Å². The van der Waals surface area contributed by atoms with E-state index in [9.17, 15) is 9.59 Å². The fourth-order valence-electron chi connectivity index (χ4n) is 6.49. The number of ether oxygens (including phenoxy) is 1. The summed E-state index contributed by atoms with van der Waals surface area (Å²) in [5.41, 5.74) is 9.92. The second-order valence-electron chi connectivity index (χ2n) is 13.1. The summed E-state index contributed by atoms with van der Waals surface area (Å²) in [5.74, 6) is 0.664. The van der Waals surface area contributed by atoms with E-state index in [2.05, 4.69) is 63.0 Å². The number of hydrogen-bond acceptors (Lipinski definition) is 9. The first-order valence-electron chi connectivity index (χ1n) is 17.2. The number of pyridine rings is 4. The quantitative estimate of drug-likeness (QED) is 0.158. The maximum absolute atomic E-state index is 13.4. The van der Waals surface area contributed by atoms with E-state index in [1.807, 2.05) is 60.7 Å². The summed E-state index contributed by atoms with van der Waals surface area (Å²) in [6, 6.07) is 29.6. The van der Waals surface area contributed by atoms with Gasteiger partial charge in [-0.3, -0.25) is 23.7 Å². The normalized spacial score (nSPS) is 11.4. The van der Waals surface area contributed by atoms with Crippen LogP contribution in [0.5, 0.6) is 5.88 Å². The summed E-state index contributed by atoms with van der Waals surface area (Å²) in [6.07, 6.45) is 7.76. The molecular formula is C42H34N8O3. The summed E-state index contributed by atoms with van der Waals surface area (Å²) in [7, 11) is 1.59. The van der Waals surface area contributed by atoms with Crippen molar-refractivity contribution < 1.29 is 4.74 Å². The van der Waals surface area contributed by atoms with E-state index in [4.69, 9.17) is 9.72 Å². The Morgan fingerprint density at radius 1 is 0.623 bits per heavy atom. The van der Waals surface area contributed by atoms with Crippen LogP contribution in [0, 0.1) is 0 Å². The van der Waals surface area contributed by atoms with Crippen molar-refractivity contribution in [3.05, 3.63) is 160 Å². The number of rotatable bonds is 9. The van der Waals surface area contributed by atoms with Crippen LogP contribution in [0.4, 0.5) is 0 Å². The van der Waals surface area contributed by atoms with Crippen LogP contribution in [0.1, 0.15) is 36.6 Å². The molecule has 0 amide bonds. The van der Waals surface area contributed by atoms with Gasteiger partial charge in [-0.2, -0.15) is 0 Å². The van der Waals surface area contributed by atoms with Crippen molar-refractivity contribution in [1.29, 1.82) is 0 Å². The Bertz CT molecular complexity index is 2770. The molecule has 0 saturated heterocycles. The Morgan fingerprint density at radius 2 is 1.28 bits per heavy atom. The van der Waals surface area contributed by atoms with Crippen molar-refractivity contribution in [3.8, 4) is 39.4 Å². The number of aromatic nitrogens is 8. The Morgan fingerprint density at radius 3 is 2.02 bits per heavy atom. The van der Waals surface area contributed by atoms with Crippen LogP contribution in [0.15, 0.2) is 132 Å². The highest BCUT2D eigenvalue weighted by Gasteiger charge is 2.17. The maximum Gasteiger partial charge on any atom is 0.270 e. The third-order valence-electron chi connectivity index (χ3n) is 9.19. The van der Waals surface area contributed by atoms with E-state index in [0.717, 1.165) is 50.3 Å². The summed E-state index contributed by atoms with van der Waals surface area (Å²) in [4.78, 5) is 53.5. The third kappa shape index (κ3) is 6.67. The van der Waals surface area contributed by atoms with Gasteiger partial charge in [0.1, 0.15) is 11.0 Å². The summed E-state index contributed by atoms with van der Waals surface area (Å²) >= 11 is 0. The molecule has 0 fully saturated rings. The molecular weight excluding hydrogens is 665 g/mol. The van der Waals surface area contributed by atoms with E-state index in [0.29, 0.717) is 41.3 Å². The van der Waals surface area contributed by atoms with Gasteiger partial charge < -0.3 is 4.74 Å². The third-order valence-corrected chi connectivity index (χ3v) is 9.19. The molecule has 0 unspecified atom stereocenters. The molecule has 53 heavy (non-hydrogen) atoms. The minimum atomic E-state index is -0.254. The molecule has 0 bridgehead atoms. The molecule has 0 aliphatic carbocycles. The second kappa shape index (κ2) is 14.0. The highest BCUT2D eigenvalue weighted by atomic mass is 16.5. The largest absolute Gasteiger partial charge is 0.481 e. The Labute approximate surface area is 304 Å². The zero-order valence-corrected chi connectivity index (χ0v) is 29.3. The molecule has 6 heterocycles. The second-order valence-corrected chi connectivity index (χ2v) is 13.1. The lowest BCUT2D eigenvalue weighted by Crippen LogP contribution is -2.22. The monoisotopic (exact) mass is 698 g/mol. The molecule has 11 nitrogen and oxygen atoms in total. The van der Waals surface area contributed by atoms with Crippen LogP contribution in [0.3, 0.4) is 0 Å². The van der Waals surface area contributed by atoms with Gasteiger partial charge in [-0.25, -0.2) is 24.9 Å². The Hall–Kier alpha value is -6.88. The Kier molecular flexibility index (Phi) is 8.81. The fourth-order valence-corrected chi connectivity index (χ4v) is 6.49. The van der Waals surface area contributed by atoms with Gasteiger partial charge in [0, 0.05) is 35.9 Å². The molecule has 0 N–H and O–H groups in total. The first-order chi connectivity index (χ1) is 25.8. The van der Waals surface area contributed by atoms with Gasteiger partial charge in [-0.15, -0.1) is 0 Å². The van der Waals surface area contributed by atoms with Gasteiger partial charge in [0.2, 0.25) is 5.88 Å². The molecule has 6 aromatic heterocycles. The average molecular weight is 699 g/mol. The molecule has 2 aromatic carbocycles.